The smallest absolute Gasteiger partial charge is 0.339 e. The lowest BCUT2D eigenvalue weighted by atomic mass is 10.1. The highest BCUT2D eigenvalue weighted by Gasteiger charge is 2.35. The summed E-state index contributed by atoms with van der Waals surface area (Å²) in [5, 5.41) is 4.00. The zero-order valence-corrected chi connectivity index (χ0v) is 15.6. The maximum Gasteiger partial charge on any atom is 0.416 e. The maximum atomic E-state index is 12.7. The number of amides is 1. The third kappa shape index (κ3) is 4.16. The molecule has 8 heteroatoms. The van der Waals surface area contributed by atoms with Crippen molar-refractivity contribution in [3.63, 3.8) is 0 Å². The third-order valence-corrected chi connectivity index (χ3v) is 4.97. The Labute approximate surface area is 165 Å². The Bertz CT molecular complexity index is 1010. The molecule has 29 heavy (non-hydrogen) atoms. The van der Waals surface area contributed by atoms with E-state index in [0.29, 0.717) is 23.8 Å². The highest BCUT2D eigenvalue weighted by Crippen LogP contribution is 2.31. The van der Waals surface area contributed by atoms with Gasteiger partial charge in [-0.1, -0.05) is 47.1 Å². The quantitative estimate of drug-likeness (QED) is 0.642. The van der Waals surface area contributed by atoms with Gasteiger partial charge in [-0.3, -0.25) is 4.79 Å². The molecule has 1 unspecified atom stereocenters. The fourth-order valence-corrected chi connectivity index (χ4v) is 3.33. The van der Waals surface area contributed by atoms with Crippen LogP contribution in [0.5, 0.6) is 0 Å². The van der Waals surface area contributed by atoms with E-state index in [1.165, 1.54) is 12.1 Å². The summed E-state index contributed by atoms with van der Waals surface area (Å²) >= 11 is 0. The molecule has 2 heterocycles. The summed E-state index contributed by atoms with van der Waals surface area (Å²) in [6.07, 6.45) is -4.14. The molecule has 1 amide bonds. The van der Waals surface area contributed by atoms with Gasteiger partial charge in [0.2, 0.25) is 17.6 Å². The number of rotatable bonds is 4. The second-order valence-corrected chi connectivity index (χ2v) is 7.19. The Morgan fingerprint density at radius 3 is 2.45 bits per heavy atom. The zero-order valence-electron chi connectivity index (χ0n) is 15.6. The van der Waals surface area contributed by atoms with Gasteiger partial charge in [-0.2, -0.15) is 18.2 Å². The normalized spacial score (nSPS) is 17.2. The van der Waals surface area contributed by atoms with Gasteiger partial charge in [0.15, 0.2) is 0 Å². The molecule has 2 aromatic carbocycles. The van der Waals surface area contributed by atoms with Gasteiger partial charge in [0.25, 0.3) is 0 Å². The van der Waals surface area contributed by atoms with Crippen LogP contribution < -0.4 is 0 Å². The number of hydrogen-bond donors (Lipinski definition) is 0. The van der Waals surface area contributed by atoms with E-state index in [1.807, 2.05) is 31.2 Å². The van der Waals surface area contributed by atoms with Crippen LogP contribution in [-0.4, -0.2) is 27.5 Å². The lowest BCUT2D eigenvalue weighted by molar-refractivity contribution is -0.137. The van der Waals surface area contributed by atoms with Crippen LogP contribution in [0.1, 0.15) is 34.9 Å². The standard InChI is InChI=1S/C21H18F3N3O2/c1-13-2-6-15(7-3-13)19-25-20(29-26-19)16-10-18(28)27(12-16)11-14-4-8-17(9-5-14)21(22,23)24/h2-9,16H,10-12H2,1H3. The van der Waals surface area contributed by atoms with Crippen molar-refractivity contribution in [3.05, 3.63) is 71.1 Å². The van der Waals surface area contributed by atoms with Crippen molar-refractivity contribution in [1.29, 1.82) is 0 Å². The largest absolute Gasteiger partial charge is 0.416 e. The number of aryl methyl sites for hydroxylation is 1. The zero-order chi connectivity index (χ0) is 20.6. The summed E-state index contributed by atoms with van der Waals surface area (Å²) < 4.78 is 43.4. The minimum Gasteiger partial charge on any atom is -0.339 e. The van der Waals surface area contributed by atoms with E-state index < -0.39 is 11.7 Å². The fraction of sp³-hybridized carbons (Fsp3) is 0.286. The average molecular weight is 401 g/mol. The summed E-state index contributed by atoms with van der Waals surface area (Å²) in [7, 11) is 0. The molecule has 1 fully saturated rings. The van der Waals surface area contributed by atoms with Crippen molar-refractivity contribution in [2.75, 3.05) is 6.54 Å². The minimum absolute atomic E-state index is 0.0926. The minimum atomic E-state index is -4.37. The van der Waals surface area contributed by atoms with Crippen molar-refractivity contribution in [3.8, 4) is 11.4 Å². The third-order valence-electron chi connectivity index (χ3n) is 4.97. The van der Waals surface area contributed by atoms with Crippen molar-refractivity contribution < 1.29 is 22.5 Å². The van der Waals surface area contributed by atoms with E-state index in [1.54, 1.807) is 4.90 Å². The number of nitrogens with zero attached hydrogens (tertiary/aromatic N) is 3. The molecule has 0 aliphatic carbocycles. The topological polar surface area (TPSA) is 59.2 Å². The molecule has 0 saturated carbocycles. The summed E-state index contributed by atoms with van der Waals surface area (Å²) in [6.45, 7) is 2.61. The van der Waals surface area contributed by atoms with Gasteiger partial charge in [-0.05, 0) is 24.6 Å². The van der Waals surface area contributed by atoms with E-state index in [0.717, 1.165) is 23.3 Å². The fourth-order valence-electron chi connectivity index (χ4n) is 3.33. The number of carbonyl (C=O) groups is 1. The number of hydrogen-bond acceptors (Lipinski definition) is 4. The Hall–Kier alpha value is -3.16. The SMILES string of the molecule is Cc1ccc(-c2noc(C3CC(=O)N(Cc4ccc(C(F)(F)F)cc4)C3)n2)cc1. The number of carbonyl (C=O) groups excluding carboxylic acids is 1. The Morgan fingerprint density at radius 1 is 1.10 bits per heavy atom. The molecule has 0 N–H and O–H groups in total. The van der Waals surface area contributed by atoms with Gasteiger partial charge in [0.1, 0.15) is 0 Å². The monoisotopic (exact) mass is 401 g/mol. The van der Waals surface area contributed by atoms with Gasteiger partial charge in [0.05, 0.1) is 11.5 Å². The molecular formula is C21H18F3N3O2. The van der Waals surface area contributed by atoms with Gasteiger partial charge >= 0.3 is 6.18 Å². The van der Waals surface area contributed by atoms with Crippen LogP contribution in [0.2, 0.25) is 0 Å². The molecular weight excluding hydrogens is 383 g/mol. The van der Waals surface area contributed by atoms with E-state index in [2.05, 4.69) is 10.1 Å². The molecule has 4 rings (SSSR count). The van der Waals surface area contributed by atoms with E-state index >= 15 is 0 Å². The van der Waals surface area contributed by atoms with Gasteiger partial charge in [-0.25, -0.2) is 0 Å². The first-order valence-electron chi connectivity index (χ1n) is 9.14. The summed E-state index contributed by atoms with van der Waals surface area (Å²) in [6, 6.07) is 12.6. The summed E-state index contributed by atoms with van der Waals surface area (Å²) in [5.41, 5.74) is 1.88. The summed E-state index contributed by atoms with van der Waals surface area (Å²) in [4.78, 5) is 18.4. The molecule has 0 radical (unpaired) electrons. The molecule has 1 aliphatic rings. The molecule has 0 bridgehead atoms. The van der Waals surface area contributed by atoms with Crippen LogP contribution in [0.3, 0.4) is 0 Å². The molecule has 1 atom stereocenters. The summed E-state index contributed by atoms with van der Waals surface area (Å²) in [5.74, 6) is 0.533. The second kappa shape index (κ2) is 7.35. The number of aromatic nitrogens is 2. The molecule has 1 aliphatic heterocycles. The second-order valence-electron chi connectivity index (χ2n) is 7.19. The number of halogens is 3. The first-order valence-corrected chi connectivity index (χ1v) is 9.14. The molecule has 1 saturated heterocycles. The van der Waals surface area contributed by atoms with Crippen LogP contribution in [-0.2, 0) is 17.5 Å². The highest BCUT2D eigenvalue weighted by atomic mass is 19.4. The lowest BCUT2D eigenvalue weighted by Gasteiger charge is -2.16. The van der Waals surface area contributed by atoms with Crippen LogP contribution in [0.15, 0.2) is 53.1 Å². The van der Waals surface area contributed by atoms with Crippen molar-refractivity contribution in [2.24, 2.45) is 0 Å². The molecule has 150 valence electrons. The first-order chi connectivity index (χ1) is 13.8. The lowest BCUT2D eigenvalue weighted by Crippen LogP contribution is -2.24. The highest BCUT2D eigenvalue weighted by molar-refractivity contribution is 5.79. The van der Waals surface area contributed by atoms with Gasteiger partial charge in [-0.15, -0.1) is 0 Å². The predicted octanol–water partition coefficient (Wildman–Crippen LogP) is 4.58. The number of likely N-dealkylation sites (tertiary alicyclic amines) is 1. The van der Waals surface area contributed by atoms with Crippen molar-refractivity contribution >= 4 is 5.91 Å². The predicted molar refractivity (Wildman–Crippen MR) is 98.7 cm³/mol. The maximum absolute atomic E-state index is 12.7. The first kappa shape index (κ1) is 19.2. The van der Waals surface area contributed by atoms with Crippen LogP contribution >= 0.6 is 0 Å². The van der Waals surface area contributed by atoms with E-state index in [4.69, 9.17) is 4.52 Å². The Kier molecular flexibility index (Phi) is 4.86. The van der Waals surface area contributed by atoms with E-state index in [9.17, 15) is 18.0 Å². The van der Waals surface area contributed by atoms with Crippen molar-refractivity contribution in [1.82, 2.24) is 15.0 Å². The van der Waals surface area contributed by atoms with Gasteiger partial charge in [0, 0.05) is 25.1 Å². The van der Waals surface area contributed by atoms with Gasteiger partial charge < -0.3 is 9.42 Å². The molecule has 3 aromatic rings. The number of alkyl halides is 3. The van der Waals surface area contributed by atoms with Crippen LogP contribution in [0, 0.1) is 6.92 Å². The Balaban J connectivity index is 1.44. The Morgan fingerprint density at radius 2 is 1.79 bits per heavy atom. The molecule has 1 aromatic heterocycles. The van der Waals surface area contributed by atoms with Crippen LogP contribution in [0.4, 0.5) is 13.2 Å². The van der Waals surface area contributed by atoms with Crippen molar-refractivity contribution in [2.45, 2.75) is 32.0 Å². The van der Waals surface area contributed by atoms with E-state index in [-0.39, 0.29) is 24.8 Å². The molecule has 5 nitrogen and oxygen atoms in total. The van der Waals surface area contributed by atoms with Crippen LogP contribution in [0.25, 0.3) is 11.4 Å². The average Bonchev–Trinajstić information content (AvgIpc) is 3.30. The number of benzene rings is 2. The molecule has 0 spiro atoms.